The number of nitrogens with zero attached hydrogens (tertiary/aromatic N) is 1. The third-order valence-corrected chi connectivity index (χ3v) is 6.07. The number of carbonyl (C=O) groups is 1. The maximum Gasteiger partial charge on any atom is 0.363 e. The van der Waals surface area contributed by atoms with Gasteiger partial charge in [0.2, 0.25) is 5.90 Å². The molecule has 0 spiro atoms. The summed E-state index contributed by atoms with van der Waals surface area (Å²) < 4.78 is 11.3. The Hall–Kier alpha value is -3.40. The zero-order valence-corrected chi connectivity index (χ0v) is 20.0. The Morgan fingerprint density at radius 1 is 0.824 bits per heavy atom. The molecule has 0 amide bonds. The molecule has 0 N–H and O–H groups in total. The number of cyclic esters (lactones) is 1. The van der Waals surface area contributed by atoms with E-state index in [9.17, 15) is 4.79 Å². The molecule has 3 aromatic carbocycles. The summed E-state index contributed by atoms with van der Waals surface area (Å²) in [5, 5.41) is 2.28. The number of esters is 1. The van der Waals surface area contributed by atoms with Crippen molar-refractivity contribution in [2.75, 3.05) is 6.61 Å². The first-order valence-electron chi connectivity index (χ1n) is 12.5. The van der Waals surface area contributed by atoms with E-state index in [0.717, 1.165) is 40.7 Å². The lowest BCUT2D eigenvalue weighted by molar-refractivity contribution is -0.129. The van der Waals surface area contributed by atoms with E-state index in [4.69, 9.17) is 9.47 Å². The third-order valence-electron chi connectivity index (χ3n) is 6.07. The molecule has 0 fully saturated rings. The number of rotatable bonds is 12. The van der Waals surface area contributed by atoms with E-state index in [1.54, 1.807) is 6.08 Å². The fraction of sp³-hybridized carbons (Fsp3) is 0.333. The lowest BCUT2D eigenvalue weighted by atomic mass is 10.1. The number of ether oxygens (including phenoxy) is 2. The second-order valence-corrected chi connectivity index (χ2v) is 8.79. The Morgan fingerprint density at radius 2 is 1.53 bits per heavy atom. The summed E-state index contributed by atoms with van der Waals surface area (Å²) in [6.07, 6.45) is 12.0. The molecule has 4 nitrogen and oxygen atoms in total. The maximum absolute atomic E-state index is 12.4. The summed E-state index contributed by atoms with van der Waals surface area (Å²) in [5.41, 5.74) is 1.98. The third kappa shape index (κ3) is 6.57. The van der Waals surface area contributed by atoms with Gasteiger partial charge in [0.15, 0.2) is 5.70 Å². The van der Waals surface area contributed by atoms with Crippen LogP contribution in [0.4, 0.5) is 0 Å². The summed E-state index contributed by atoms with van der Waals surface area (Å²) >= 11 is 0. The van der Waals surface area contributed by atoms with Crippen LogP contribution in [0.3, 0.4) is 0 Å². The van der Waals surface area contributed by atoms with Gasteiger partial charge in [-0.1, -0.05) is 88.3 Å². The number of fused-ring (bicyclic) bond motifs is 1. The highest BCUT2D eigenvalue weighted by atomic mass is 16.6. The minimum absolute atomic E-state index is 0.306. The average molecular weight is 456 g/mol. The molecule has 0 atom stereocenters. The fourth-order valence-electron chi connectivity index (χ4n) is 4.11. The second kappa shape index (κ2) is 12.2. The van der Waals surface area contributed by atoms with Gasteiger partial charge in [-0.05, 0) is 59.2 Å². The zero-order chi connectivity index (χ0) is 23.6. The molecule has 0 aliphatic carbocycles. The van der Waals surface area contributed by atoms with Crippen molar-refractivity contribution in [3.05, 3.63) is 83.6 Å². The molecule has 0 saturated carbocycles. The van der Waals surface area contributed by atoms with Crippen molar-refractivity contribution in [2.45, 2.75) is 58.3 Å². The van der Waals surface area contributed by atoms with E-state index < -0.39 is 5.97 Å². The number of hydrogen-bond donors (Lipinski definition) is 0. The SMILES string of the molecule is CCCCCCCCCCOc1ccc(C2=N/C(=C\c3ccc4ccccc4c3)C(=O)O2)cc1. The van der Waals surface area contributed by atoms with Crippen molar-refractivity contribution in [3.8, 4) is 5.75 Å². The number of hydrogen-bond acceptors (Lipinski definition) is 4. The molecule has 1 heterocycles. The molecule has 4 heteroatoms. The van der Waals surface area contributed by atoms with Crippen molar-refractivity contribution in [1.29, 1.82) is 0 Å². The molecule has 0 aromatic heterocycles. The molecule has 1 aliphatic rings. The maximum atomic E-state index is 12.4. The zero-order valence-electron chi connectivity index (χ0n) is 20.0. The minimum atomic E-state index is -0.432. The van der Waals surface area contributed by atoms with Crippen LogP contribution in [0.15, 0.2) is 77.4 Å². The van der Waals surface area contributed by atoms with Gasteiger partial charge in [-0.15, -0.1) is 0 Å². The molecular formula is C30H33NO3. The van der Waals surface area contributed by atoms with Gasteiger partial charge >= 0.3 is 5.97 Å². The fourth-order valence-corrected chi connectivity index (χ4v) is 4.11. The van der Waals surface area contributed by atoms with Gasteiger partial charge < -0.3 is 9.47 Å². The molecule has 1 aliphatic heterocycles. The molecule has 0 radical (unpaired) electrons. The lowest BCUT2D eigenvalue weighted by Gasteiger charge is -2.07. The van der Waals surface area contributed by atoms with Crippen LogP contribution in [0.25, 0.3) is 16.8 Å². The standard InChI is InChI=1S/C30H33NO3/c1-2-3-4-5-6-7-8-11-20-33-27-18-16-25(17-19-27)29-31-28(30(32)34-29)22-23-14-15-24-12-9-10-13-26(24)21-23/h9-10,12-19,21-22H,2-8,11,20H2,1H3/b28-22-. The van der Waals surface area contributed by atoms with E-state index in [1.807, 2.05) is 54.6 Å². The van der Waals surface area contributed by atoms with Gasteiger partial charge in [-0.25, -0.2) is 9.79 Å². The Kier molecular flexibility index (Phi) is 8.50. The van der Waals surface area contributed by atoms with Crippen LogP contribution in [-0.2, 0) is 9.53 Å². The van der Waals surface area contributed by atoms with Gasteiger partial charge in [0.25, 0.3) is 0 Å². The highest BCUT2D eigenvalue weighted by molar-refractivity contribution is 6.13. The second-order valence-electron chi connectivity index (χ2n) is 8.79. The normalized spacial score (nSPS) is 14.4. The average Bonchev–Trinajstić information content (AvgIpc) is 3.23. The highest BCUT2D eigenvalue weighted by Gasteiger charge is 2.24. The van der Waals surface area contributed by atoms with Crippen LogP contribution >= 0.6 is 0 Å². The van der Waals surface area contributed by atoms with Crippen LogP contribution in [0.5, 0.6) is 5.75 Å². The van der Waals surface area contributed by atoms with Gasteiger partial charge in [-0.2, -0.15) is 0 Å². The highest BCUT2D eigenvalue weighted by Crippen LogP contribution is 2.23. The summed E-state index contributed by atoms with van der Waals surface area (Å²) in [7, 11) is 0. The molecule has 0 saturated heterocycles. The van der Waals surface area contributed by atoms with Crippen molar-refractivity contribution in [2.24, 2.45) is 4.99 Å². The Bertz CT molecular complexity index is 1160. The molecule has 4 rings (SSSR count). The molecule has 3 aromatic rings. The van der Waals surface area contributed by atoms with Crippen LogP contribution in [0, 0.1) is 0 Å². The topological polar surface area (TPSA) is 47.9 Å². The quantitative estimate of drug-likeness (QED) is 0.160. The minimum Gasteiger partial charge on any atom is -0.494 e. The summed E-state index contributed by atoms with van der Waals surface area (Å²) in [6, 6.07) is 21.8. The van der Waals surface area contributed by atoms with E-state index in [1.165, 1.54) is 44.9 Å². The Morgan fingerprint density at radius 3 is 2.29 bits per heavy atom. The first-order chi connectivity index (χ1) is 16.7. The lowest BCUT2D eigenvalue weighted by Crippen LogP contribution is -2.05. The molecule has 176 valence electrons. The van der Waals surface area contributed by atoms with Crippen molar-refractivity contribution in [3.63, 3.8) is 0 Å². The summed E-state index contributed by atoms with van der Waals surface area (Å²) in [4.78, 5) is 16.8. The van der Waals surface area contributed by atoms with E-state index in [0.29, 0.717) is 11.6 Å². The Balaban J connectivity index is 1.29. The first-order valence-corrected chi connectivity index (χ1v) is 12.5. The van der Waals surface area contributed by atoms with Crippen LogP contribution < -0.4 is 4.74 Å². The summed E-state index contributed by atoms with van der Waals surface area (Å²) in [6.45, 7) is 2.97. The molecule has 34 heavy (non-hydrogen) atoms. The van der Waals surface area contributed by atoms with Gasteiger partial charge in [0.1, 0.15) is 5.75 Å². The van der Waals surface area contributed by atoms with Crippen LogP contribution in [0.2, 0.25) is 0 Å². The van der Waals surface area contributed by atoms with E-state index >= 15 is 0 Å². The number of aliphatic imine (C=N–C) groups is 1. The largest absolute Gasteiger partial charge is 0.494 e. The predicted molar refractivity (Wildman–Crippen MR) is 139 cm³/mol. The number of carbonyl (C=O) groups excluding carboxylic acids is 1. The van der Waals surface area contributed by atoms with Crippen molar-refractivity contribution >= 4 is 28.7 Å². The van der Waals surface area contributed by atoms with Gasteiger partial charge in [0, 0.05) is 5.56 Å². The van der Waals surface area contributed by atoms with Crippen molar-refractivity contribution < 1.29 is 14.3 Å². The van der Waals surface area contributed by atoms with Gasteiger partial charge in [-0.3, -0.25) is 0 Å². The van der Waals surface area contributed by atoms with Crippen molar-refractivity contribution in [1.82, 2.24) is 0 Å². The van der Waals surface area contributed by atoms with Crippen LogP contribution in [-0.4, -0.2) is 18.5 Å². The number of benzene rings is 3. The molecule has 0 bridgehead atoms. The molecular weight excluding hydrogens is 422 g/mol. The summed E-state index contributed by atoms with van der Waals surface area (Å²) in [5.74, 6) is 0.716. The van der Waals surface area contributed by atoms with E-state index in [2.05, 4.69) is 24.0 Å². The van der Waals surface area contributed by atoms with E-state index in [-0.39, 0.29) is 0 Å². The molecule has 0 unspecified atom stereocenters. The Labute approximate surface area is 202 Å². The smallest absolute Gasteiger partial charge is 0.363 e. The monoisotopic (exact) mass is 455 g/mol. The van der Waals surface area contributed by atoms with Crippen LogP contribution in [0.1, 0.15) is 69.4 Å². The predicted octanol–water partition coefficient (Wildman–Crippen LogP) is 7.70. The first kappa shape index (κ1) is 23.7. The number of unbranched alkanes of at least 4 members (excludes halogenated alkanes) is 7. The van der Waals surface area contributed by atoms with Gasteiger partial charge in [0.05, 0.1) is 6.61 Å².